The van der Waals surface area contributed by atoms with Gasteiger partial charge < -0.3 is 16.2 Å². The van der Waals surface area contributed by atoms with E-state index in [4.69, 9.17) is 22.4 Å². The van der Waals surface area contributed by atoms with Crippen LogP contribution in [0.3, 0.4) is 0 Å². The van der Waals surface area contributed by atoms with Crippen molar-refractivity contribution in [1.29, 1.82) is 0 Å². The van der Waals surface area contributed by atoms with Gasteiger partial charge in [0.2, 0.25) is 0 Å². The highest BCUT2D eigenvalue weighted by molar-refractivity contribution is 6.31. The SMILES string of the molecule is Cc1c(Cl)cccc1NCC(N)CC(=O)O. The van der Waals surface area contributed by atoms with E-state index >= 15 is 0 Å². The largest absolute Gasteiger partial charge is 0.481 e. The van der Waals surface area contributed by atoms with Gasteiger partial charge in [0.25, 0.3) is 0 Å². The Morgan fingerprint density at radius 2 is 2.31 bits per heavy atom. The van der Waals surface area contributed by atoms with Crippen molar-refractivity contribution in [3.63, 3.8) is 0 Å². The summed E-state index contributed by atoms with van der Waals surface area (Å²) < 4.78 is 0. The van der Waals surface area contributed by atoms with Gasteiger partial charge in [-0.25, -0.2) is 0 Å². The van der Waals surface area contributed by atoms with Gasteiger partial charge in [-0.05, 0) is 24.6 Å². The molecule has 0 aliphatic heterocycles. The van der Waals surface area contributed by atoms with E-state index in [0.29, 0.717) is 11.6 Å². The second-order valence-corrected chi connectivity index (χ2v) is 4.06. The molecule has 0 amide bonds. The van der Waals surface area contributed by atoms with Crippen LogP contribution in [0.25, 0.3) is 0 Å². The highest BCUT2D eigenvalue weighted by atomic mass is 35.5. The Kier molecular flexibility index (Phi) is 4.58. The predicted octanol–water partition coefficient (Wildman–Crippen LogP) is 1.86. The third-order valence-electron chi connectivity index (χ3n) is 2.26. The van der Waals surface area contributed by atoms with Crippen molar-refractivity contribution in [2.45, 2.75) is 19.4 Å². The summed E-state index contributed by atoms with van der Waals surface area (Å²) in [5.74, 6) is -0.892. The monoisotopic (exact) mass is 242 g/mol. The number of rotatable bonds is 5. The van der Waals surface area contributed by atoms with E-state index in [9.17, 15) is 4.79 Å². The molecule has 0 saturated heterocycles. The minimum absolute atomic E-state index is 0.0490. The lowest BCUT2D eigenvalue weighted by molar-refractivity contribution is -0.137. The molecule has 0 fully saturated rings. The molecular weight excluding hydrogens is 228 g/mol. The van der Waals surface area contributed by atoms with Crippen LogP contribution < -0.4 is 11.1 Å². The van der Waals surface area contributed by atoms with Gasteiger partial charge in [0.1, 0.15) is 0 Å². The van der Waals surface area contributed by atoms with Crippen molar-refractivity contribution < 1.29 is 9.90 Å². The van der Waals surface area contributed by atoms with Crippen LogP contribution in [0.4, 0.5) is 5.69 Å². The molecule has 4 N–H and O–H groups in total. The molecule has 0 aliphatic carbocycles. The topological polar surface area (TPSA) is 75.3 Å². The molecule has 0 bridgehead atoms. The standard InChI is InChI=1S/C11H15ClN2O2/c1-7-9(12)3-2-4-10(7)14-6-8(13)5-11(15)16/h2-4,8,14H,5-6,13H2,1H3,(H,15,16). The van der Waals surface area contributed by atoms with Gasteiger partial charge in [0, 0.05) is 23.3 Å². The minimum Gasteiger partial charge on any atom is -0.481 e. The van der Waals surface area contributed by atoms with Crippen molar-refractivity contribution in [1.82, 2.24) is 0 Å². The van der Waals surface area contributed by atoms with Crippen molar-refractivity contribution in [2.24, 2.45) is 5.73 Å². The third kappa shape index (κ3) is 3.72. The summed E-state index contributed by atoms with van der Waals surface area (Å²) in [6, 6.07) is 5.12. The molecule has 1 aromatic rings. The summed E-state index contributed by atoms with van der Waals surface area (Å²) in [6.45, 7) is 2.31. The average Bonchev–Trinajstić information content (AvgIpc) is 2.19. The fraction of sp³-hybridized carbons (Fsp3) is 0.364. The second kappa shape index (κ2) is 5.72. The normalized spacial score (nSPS) is 12.2. The number of anilines is 1. The molecule has 0 aliphatic rings. The third-order valence-corrected chi connectivity index (χ3v) is 2.67. The minimum atomic E-state index is -0.892. The molecule has 0 heterocycles. The molecule has 88 valence electrons. The molecule has 4 nitrogen and oxygen atoms in total. The Balaban J connectivity index is 2.54. The van der Waals surface area contributed by atoms with E-state index in [0.717, 1.165) is 11.3 Å². The van der Waals surface area contributed by atoms with Crippen molar-refractivity contribution in [2.75, 3.05) is 11.9 Å². The highest BCUT2D eigenvalue weighted by Gasteiger charge is 2.08. The molecular formula is C11H15ClN2O2. The van der Waals surface area contributed by atoms with Gasteiger partial charge >= 0.3 is 5.97 Å². The van der Waals surface area contributed by atoms with Crippen LogP contribution in [0.5, 0.6) is 0 Å². The van der Waals surface area contributed by atoms with Crippen molar-refractivity contribution in [3.8, 4) is 0 Å². The van der Waals surface area contributed by atoms with E-state index in [1.807, 2.05) is 19.1 Å². The number of aliphatic carboxylic acids is 1. The Bertz CT molecular complexity index is 382. The van der Waals surface area contributed by atoms with Crippen LogP contribution in [-0.2, 0) is 4.79 Å². The predicted molar refractivity (Wildman–Crippen MR) is 64.9 cm³/mol. The summed E-state index contributed by atoms with van der Waals surface area (Å²) in [5, 5.41) is 12.3. The zero-order valence-corrected chi connectivity index (χ0v) is 9.79. The number of nitrogens with two attached hydrogens (primary N) is 1. The van der Waals surface area contributed by atoms with Crippen LogP contribution in [0, 0.1) is 6.92 Å². The second-order valence-electron chi connectivity index (χ2n) is 3.65. The van der Waals surface area contributed by atoms with Gasteiger partial charge in [-0.2, -0.15) is 0 Å². The first-order valence-corrected chi connectivity index (χ1v) is 5.35. The summed E-state index contributed by atoms with van der Waals surface area (Å²) in [6.07, 6.45) is -0.0490. The van der Waals surface area contributed by atoms with Gasteiger partial charge in [-0.15, -0.1) is 0 Å². The smallest absolute Gasteiger partial charge is 0.304 e. The molecule has 0 aromatic heterocycles. The van der Waals surface area contributed by atoms with E-state index in [1.165, 1.54) is 0 Å². The van der Waals surface area contributed by atoms with Crippen LogP contribution in [0.15, 0.2) is 18.2 Å². The van der Waals surface area contributed by atoms with Crippen molar-refractivity contribution in [3.05, 3.63) is 28.8 Å². The van der Waals surface area contributed by atoms with Gasteiger partial charge in [-0.1, -0.05) is 17.7 Å². The summed E-state index contributed by atoms with van der Waals surface area (Å²) in [7, 11) is 0. The highest BCUT2D eigenvalue weighted by Crippen LogP contribution is 2.22. The lowest BCUT2D eigenvalue weighted by Crippen LogP contribution is -2.31. The molecule has 0 saturated carbocycles. The maximum Gasteiger partial charge on any atom is 0.304 e. The molecule has 1 aromatic carbocycles. The first-order chi connectivity index (χ1) is 7.50. The molecule has 0 spiro atoms. The fourth-order valence-electron chi connectivity index (χ4n) is 1.34. The van der Waals surface area contributed by atoms with E-state index in [2.05, 4.69) is 5.32 Å². The Morgan fingerprint density at radius 1 is 1.62 bits per heavy atom. The molecule has 1 atom stereocenters. The number of nitrogens with one attached hydrogen (secondary N) is 1. The Hall–Kier alpha value is -1.26. The number of carboxylic acid groups (broad SMARTS) is 1. The van der Waals surface area contributed by atoms with Crippen LogP contribution in [-0.4, -0.2) is 23.7 Å². The molecule has 1 rings (SSSR count). The van der Waals surface area contributed by atoms with Gasteiger partial charge in [0.05, 0.1) is 6.42 Å². The molecule has 16 heavy (non-hydrogen) atoms. The maximum atomic E-state index is 10.4. The Labute approximate surface area is 99.4 Å². The number of carboxylic acids is 1. The summed E-state index contributed by atoms with van der Waals surface area (Å²) >= 11 is 5.95. The first-order valence-electron chi connectivity index (χ1n) is 4.97. The quantitative estimate of drug-likeness (QED) is 0.737. The number of carbonyl (C=O) groups is 1. The van der Waals surface area contributed by atoms with Crippen LogP contribution in [0.2, 0.25) is 5.02 Å². The number of hydrogen-bond acceptors (Lipinski definition) is 3. The number of benzene rings is 1. The van der Waals surface area contributed by atoms with E-state index in [-0.39, 0.29) is 6.42 Å². The number of hydrogen-bond donors (Lipinski definition) is 3. The zero-order chi connectivity index (χ0) is 12.1. The van der Waals surface area contributed by atoms with Gasteiger partial charge in [0.15, 0.2) is 0 Å². The lowest BCUT2D eigenvalue weighted by Gasteiger charge is -2.14. The first kappa shape index (κ1) is 12.8. The molecule has 5 heteroatoms. The van der Waals surface area contributed by atoms with E-state index in [1.54, 1.807) is 6.07 Å². The van der Waals surface area contributed by atoms with Crippen LogP contribution >= 0.6 is 11.6 Å². The average molecular weight is 243 g/mol. The fourth-order valence-corrected chi connectivity index (χ4v) is 1.51. The summed E-state index contributed by atoms with van der Waals surface area (Å²) in [5.41, 5.74) is 7.45. The van der Waals surface area contributed by atoms with Gasteiger partial charge in [-0.3, -0.25) is 4.79 Å². The summed E-state index contributed by atoms with van der Waals surface area (Å²) in [4.78, 5) is 10.4. The van der Waals surface area contributed by atoms with Crippen LogP contribution in [0.1, 0.15) is 12.0 Å². The maximum absolute atomic E-state index is 10.4. The number of halogens is 1. The van der Waals surface area contributed by atoms with Crippen molar-refractivity contribution >= 4 is 23.3 Å². The van der Waals surface area contributed by atoms with E-state index < -0.39 is 12.0 Å². The zero-order valence-electron chi connectivity index (χ0n) is 9.03. The lowest BCUT2D eigenvalue weighted by atomic mass is 10.1. The molecule has 0 radical (unpaired) electrons. The molecule has 1 unspecified atom stereocenters. The Morgan fingerprint density at radius 3 is 2.94 bits per heavy atom.